The Morgan fingerprint density at radius 1 is 1.47 bits per heavy atom. The highest BCUT2D eigenvalue weighted by atomic mass is 19.4. The van der Waals surface area contributed by atoms with Crippen LogP contribution < -0.4 is 0 Å². The molecule has 1 aliphatic carbocycles. The van der Waals surface area contributed by atoms with Crippen LogP contribution in [0.15, 0.2) is 0 Å². The molecule has 3 nitrogen and oxygen atoms in total. The highest BCUT2D eigenvalue weighted by molar-refractivity contribution is 5.71. The summed E-state index contributed by atoms with van der Waals surface area (Å²) in [6.07, 6.45) is -1.84. The summed E-state index contributed by atoms with van der Waals surface area (Å²) < 4.78 is 37.6. The van der Waals surface area contributed by atoms with Crippen LogP contribution in [0.1, 0.15) is 26.2 Å². The highest BCUT2D eigenvalue weighted by Crippen LogP contribution is 2.32. The van der Waals surface area contributed by atoms with E-state index in [2.05, 4.69) is 0 Å². The van der Waals surface area contributed by atoms with E-state index in [4.69, 9.17) is 5.11 Å². The van der Waals surface area contributed by atoms with Crippen molar-refractivity contribution in [2.75, 3.05) is 19.6 Å². The largest absolute Gasteiger partial charge is 0.481 e. The van der Waals surface area contributed by atoms with E-state index in [0.29, 0.717) is 19.0 Å². The second-order valence-corrected chi connectivity index (χ2v) is 4.64. The van der Waals surface area contributed by atoms with E-state index in [1.165, 1.54) is 0 Å². The normalized spacial score (nSPS) is 18.4. The van der Waals surface area contributed by atoms with Gasteiger partial charge in [0.25, 0.3) is 0 Å². The first-order valence-electron chi connectivity index (χ1n) is 5.86. The topological polar surface area (TPSA) is 40.5 Å². The van der Waals surface area contributed by atoms with Gasteiger partial charge in [0.2, 0.25) is 0 Å². The van der Waals surface area contributed by atoms with Crippen LogP contribution in [0.5, 0.6) is 0 Å². The molecule has 0 aliphatic heterocycles. The summed E-state index contributed by atoms with van der Waals surface area (Å²) in [6, 6.07) is 0. The van der Waals surface area contributed by atoms with Gasteiger partial charge in [0, 0.05) is 13.1 Å². The Morgan fingerprint density at radius 2 is 2.06 bits per heavy atom. The maximum Gasteiger partial charge on any atom is 0.403 e. The Bertz CT molecular complexity index is 264. The van der Waals surface area contributed by atoms with Crippen molar-refractivity contribution in [3.8, 4) is 0 Å². The zero-order chi connectivity index (χ0) is 13.1. The number of nitrogens with zero attached hydrogens (tertiary/aromatic N) is 1. The van der Waals surface area contributed by atoms with Gasteiger partial charge in [-0.05, 0) is 31.7 Å². The summed E-state index contributed by atoms with van der Waals surface area (Å²) in [5.74, 6) is -3.59. The lowest BCUT2D eigenvalue weighted by atomic mass is 10.1. The van der Waals surface area contributed by atoms with Crippen molar-refractivity contribution in [1.82, 2.24) is 4.90 Å². The Morgan fingerprint density at radius 3 is 2.41 bits per heavy atom. The van der Waals surface area contributed by atoms with E-state index in [1.807, 2.05) is 6.92 Å². The number of carboxylic acid groups (broad SMARTS) is 1. The molecule has 1 fully saturated rings. The van der Waals surface area contributed by atoms with Crippen LogP contribution in [0.4, 0.5) is 13.2 Å². The number of carboxylic acids is 1. The minimum Gasteiger partial charge on any atom is -0.481 e. The average molecular weight is 253 g/mol. The van der Waals surface area contributed by atoms with Crippen LogP contribution in [0.2, 0.25) is 0 Å². The molecule has 0 radical (unpaired) electrons. The standard InChI is InChI=1S/C11H18F3NO2/c1-2-5-15(6-8-3-4-8)7-9(10(16)17)11(12,13)14/h8-9H,2-7H2,1H3,(H,16,17). The van der Waals surface area contributed by atoms with E-state index in [1.54, 1.807) is 4.90 Å². The van der Waals surface area contributed by atoms with Crippen molar-refractivity contribution >= 4 is 5.97 Å². The van der Waals surface area contributed by atoms with Gasteiger partial charge in [-0.25, -0.2) is 0 Å². The maximum absolute atomic E-state index is 12.5. The zero-order valence-corrected chi connectivity index (χ0v) is 9.83. The minimum atomic E-state index is -4.67. The summed E-state index contributed by atoms with van der Waals surface area (Å²) in [5, 5.41) is 8.63. The Kier molecular flexibility index (Phi) is 4.80. The number of rotatable bonds is 7. The summed E-state index contributed by atoms with van der Waals surface area (Å²) in [7, 11) is 0. The number of alkyl halides is 3. The minimum absolute atomic E-state index is 0.427. The zero-order valence-electron chi connectivity index (χ0n) is 9.83. The third-order valence-electron chi connectivity index (χ3n) is 2.89. The molecule has 0 heterocycles. The SMILES string of the molecule is CCCN(CC1CC1)CC(C(=O)O)C(F)(F)F. The Balaban J connectivity index is 2.57. The number of halogens is 3. The summed E-state index contributed by atoms with van der Waals surface area (Å²) in [4.78, 5) is 12.3. The van der Waals surface area contributed by atoms with Crippen molar-refractivity contribution in [2.45, 2.75) is 32.4 Å². The molecule has 0 bridgehead atoms. The molecular weight excluding hydrogens is 235 g/mol. The molecule has 17 heavy (non-hydrogen) atoms. The van der Waals surface area contributed by atoms with Crippen LogP contribution in [0.25, 0.3) is 0 Å². The molecule has 1 rings (SSSR count). The van der Waals surface area contributed by atoms with Crippen LogP contribution in [0, 0.1) is 11.8 Å². The predicted molar refractivity (Wildman–Crippen MR) is 56.6 cm³/mol. The number of carbonyl (C=O) groups is 1. The molecule has 0 spiro atoms. The fourth-order valence-corrected chi connectivity index (χ4v) is 1.82. The summed E-state index contributed by atoms with van der Waals surface area (Å²) >= 11 is 0. The van der Waals surface area contributed by atoms with E-state index >= 15 is 0 Å². The second-order valence-electron chi connectivity index (χ2n) is 4.64. The monoisotopic (exact) mass is 253 g/mol. The van der Waals surface area contributed by atoms with Crippen LogP contribution in [-0.4, -0.2) is 41.8 Å². The first kappa shape index (κ1) is 14.3. The molecule has 100 valence electrons. The maximum atomic E-state index is 12.5. The van der Waals surface area contributed by atoms with Crippen molar-refractivity contribution in [2.24, 2.45) is 11.8 Å². The van der Waals surface area contributed by atoms with E-state index < -0.39 is 24.6 Å². The molecule has 6 heteroatoms. The molecule has 1 atom stereocenters. The van der Waals surface area contributed by atoms with Gasteiger partial charge in [-0.3, -0.25) is 4.79 Å². The molecule has 1 N–H and O–H groups in total. The van der Waals surface area contributed by atoms with E-state index in [0.717, 1.165) is 19.3 Å². The Labute approximate surface area is 98.6 Å². The lowest BCUT2D eigenvalue weighted by Crippen LogP contribution is -2.42. The first-order valence-corrected chi connectivity index (χ1v) is 5.86. The molecule has 0 aromatic heterocycles. The average Bonchev–Trinajstić information content (AvgIpc) is 2.95. The lowest BCUT2D eigenvalue weighted by Gasteiger charge is -2.26. The van der Waals surface area contributed by atoms with Crippen molar-refractivity contribution in [1.29, 1.82) is 0 Å². The summed E-state index contributed by atoms with van der Waals surface area (Å²) in [6.45, 7) is 2.57. The quantitative estimate of drug-likeness (QED) is 0.757. The lowest BCUT2D eigenvalue weighted by molar-refractivity contribution is -0.196. The molecule has 0 aromatic rings. The van der Waals surface area contributed by atoms with Gasteiger partial charge < -0.3 is 10.0 Å². The smallest absolute Gasteiger partial charge is 0.403 e. The molecular formula is C11H18F3NO2. The number of hydrogen-bond donors (Lipinski definition) is 1. The molecule has 0 aromatic carbocycles. The van der Waals surface area contributed by atoms with Crippen molar-refractivity contribution in [3.63, 3.8) is 0 Å². The van der Waals surface area contributed by atoms with E-state index in [9.17, 15) is 18.0 Å². The highest BCUT2D eigenvalue weighted by Gasteiger charge is 2.46. The fraction of sp³-hybridized carbons (Fsp3) is 0.909. The molecule has 0 saturated heterocycles. The molecule has 0 amide bonds. The van der Waals surface area contributed by atoms with Crippen molar-refractivity contribution in [3.05, 3.63) is 0 Å². The van der Waals surface area contributed by atoms with Gasteiger partial charge in [0.15, 0.2) is 5.92 Å². The first-order chi connectivity index (χ1) is 7.84. The van der Waals surface area contributed by atoms with E-state index in [-0.39, 0.29) is 0 Å². The van der Waals surface area contributed by atoms with Gasteiger partial charge in [-0.2, -0.15) is 13.2 Å². The van der Waals surface area contributed by atoms with Gasteiger partial charge in [-0.1, -0.05) is 6.92 Å². The molecule has 1 saturated carbocycles. The second kappa shape index (κ2) is 5.71. The van der Waals surface area contributed by atoms with Gasteiger partial charge in [-0.15, -0.1) is 0 Å². The van der Waals surface area contributed by atoms with Gasteiger partial charge >= 0.3 is 12.1 Å². The molecule has 1 aliphatic rings. The third-order valence-corrected chi connectivity index (χ3v) is 2.89. The van der Waals surface area contributed by atoms with Crippen LogP contribution >= 0.6 is 0 Å². The third kappa shape index (κ3) is 4.93. The van der Waals surface area contributed by atoms with Crippen molar-refractivity contribution < 1.29 is 23.1 Å². The van der Waals surface area contributed by atoms with Gasteiger partial charge in [0.1, 0.15) is 0 Å². The predicted octanol–water partition coefficient (Wildman–Crippen LogP) is 2.37. The van der Waals surface area contributed by atoms with Gasteiger partial charge in [0.05, 0.1) is 0 Å². The summed E-state index contributed by atoms with van der Waals surface area (Å²) in [5.41, 5.74) is 0. The van der Waals surface area contributed by atoms with Crippen LogP contribution in [0.3, 0.4) is 0 Å². The number of hydrogen-bond acceptors (Lipinski definition) is 2. The fourth-order valence-electron chi connectivity index (χ4n) is 1.82. The number of aliphatic carboxylic acids is 1. The Hall–Kier alpha value is -0.780. The van der Waals surface area contributed by atoms with Crippen LogP contribution in [-0.2, 0) is 4.79 Å². The molecule has 1 unspecified atom stereocenters.